The maximum absolute atomic E-state index is 13.0. The Bertz CT molecular complexity index is 349. The molecule has 0 aromatic carbocycles. The van der Waals surface area contributed by atoms with Gasteiger partial charge in [0.15, 0.2) is 5.06 Å². The van der Waals surface area contributed by atoms with Gasteiger partial charge in [0, 0.05) is 0 Å². The van der Waals surface area contributed by atoms with Gasteiger partial charge in [0.1, 0.15) is 0 Å². The van der Waals surface area contributed by atoms with Gasteiger partial charge in [-0.2, -0.15) is 8.78 Å². The third-order valence-corrected chi connectivity index (χ3v) is 2.37. The highest BCUT2D eigenvalue weighted by molar-refractivity contribution is 7.12. The highest BCUT2D eigenvalue weighted by Crippen LogP contribution is 2.28. The van der Waals surface area contributed by atoms with Crippen molar-refractivity contribution in [2.75, 3.05) is 6.61 Å². The van der Waals surface area contributed by atoms with Crippen LogP contribution in [-0.4, -0.2) is 18.7 Å². The highest BCUT2D eigenvalue weighted by atomic mass is 32.1. The van der Waals surface area contributed by atoms with Gasteiger partial charge in [0.05, 0.1) is 6.61 Å². The number of aryl methyl sites for hydroxylation is 1. The van der Waals surface area contributed by atoms with E-state index < -0.39 is 12.1 Å². The summed E-state index contributed by atoms with van der Waals surface area (Å²) in [5, 5.41) is 1.64. The quantitative estimate of drug-likeness (QED) is 0.754. The molecule has 3 nitrogen and oxygen atoms in total. The fourth-order valence-corrected chi connectivity index (χ4v) is 1.62. The van der Waals surface area contributed by atoms with E-state index in [1.54, 1.807) is 12.3 Å². The van der Waals surface area contributed by atoms with E-state index in [1.165, 1.54) is 13.0 Å². The Balaban J connectivity index is 2.67. The summed E-state index contributed by atoms with van der Waals surface area (Å²) in [5.74, 6) is -1.67. The van der Waals surface area contributed by atoms with Crippen LogP contribution in [0.5, 0.6) is 5.06 Å². The van der Waals surface area contributed by atoms with E-state index in [9.17, 15) is 13.6 Å². The molecular formula is C9H10F2O3S. The van der Waals surface area contributed by atoms with Crippen LogP contribution in [0.1, 0.15) is 12.5 Å². The van der Waals surface area contributed by atoms with Crippen molar-refractivity contribution in [3.63, 3.8) is 0 Å². The van der Waals surface area contributed by atoms with Crippen LogP contribution in [0.2, 0.25) is 0 Å². The van der Waals surface area contributed by atoms with Crippen LogP contribution in [0, 0.1) is 6.92 Å². The van der Waals surface area contributed by atoms with Gasteiger partial charge in [0.2, 0.25) is 0 Å². The minimum atomic E-state index is -3.92. The monoisotopic (exact) mass is 236 g/mol. The number of ether oxygens (including phenoxy) is 2. The molecule has 0 saturated heterocycles. The fraction of sp³-hybridized carbons (Fsp3) is 0.444. The number of hydrogen-bond donors (Lipinski definition) is 0. The summed E-state index contributed by atoms with van der Waals surface area (Å²) in [7, 11) is 0. The maximum Gasteiger partial charge on any atom is 0.502 e. The third kappa shape index (κ3) is 3.16. The predicted molar refractivity (Wildman–Crippen MR) is 51.3 cm³/mol. The standard InChI is InChI=1S/C9H10F2O3S/c1-3-13-8(12)9(10,11)14-7-4-6(2)5-15-7/h4-5H,3H2,1-2H3. The second kappa shape index (κ2) is 4.57. The number of rotatable bonds is 4. The zero-order valence-electron chi connectivity index (χ0n) is 8.25. The van der Waals surface area contributed by atoms with Crippen LogP contribution in [0.15, 0.2) is 11.4 Å². The molecule has 1 rings (SSSR count). The molecule has 0 aliphatic carbocycles. The van der Waals surface area contributed by atoms with Crippen LogP contribution in [0.4, 0.5) is 8.78 Å². The van der Waals surface area contributed by atoms with Gasteiger partial charge >= 0.3 is 12.1 Å². The Labute approximate surface area is 89.6 Å². The average Bonchev–Trinajstić information content (AvgIpc) is 2.50. The second-order valence-electron chi connectivity index (χ2n) is 2.78. The number of alkyl halides is 2. The fourth-order valence-electron chi connectivity index (χ4n) is 0.842. The van der Waals surface area contributed by atoms with Crippen molar-refractivity contribution in [2.45, 2.75) is 20.0 Å². The molecular weight excluding hydrogens is 226 g/mol. The summed E-state index contributed by atoms with van der Waals surface area (Å²) in [6.07, 6.45) is -3.92. The van der Waals surface area contributed by atoms with Gasteiger partial charge in [-0.05, 0) is 30.9 Å². The van der Waals surface area contributed by atoms with Crippen molar-refractivity contribution in [3.8, 4) is 5.06 Å². The van der Waals surface area contributed by atoms with E-state index in [0.29, 0.717) is 0 Å². The number of carbonyl (C=O) groups excluding carboxylic acids is 1. The van der Waals surface area contributed by atoms with Crippen LogP contribution < -0.4 is 4.74 Å². The molecule has 0 radical (unpaired) electrons. The van der Waals surface area contributed by atoms with Crippen molar-refractivity contribution >= 4 is 17.3 Å². The summed E-state index contributed by atoms with van der Waals surface area (Å²) in [5.41, 5.74) is 0.801. The first-order valence-electron chi connectivity index (χ1n) is 4.25. The second-order valence-corrected chi connectivity index (χ2v) is 3.66. The lowest BCUT2D eigenvalue weighted by atomic mass is 10.4. The molecule has 0 spiro atoms. The third-order valence-electron chi connectivity index (χ3n) is 1.45. The van der Waals surface area contributed by atoms with Crippen molar-refractivity contribution < 1.29 is 23.0 Å². The smallest absolute Gasteiger partial charge is 0.459 e. The first-order chi connectivity index (χ1) is 6.95. The number of hydrogen-bond acceptors (Lipinski definition) is 4. The van der Waals surface area contributed by atoms with Gasteiger partial charge in [-0.15, -0.1) is 11.3 Å². The molecule has 1 heterocycles. The Kier molecular flexibility index (Phi) is 3.62. The predicted octanol–water partition coefficient (Wildman–Crippen LogP) is 2.59. The molecule has 0 saturated carbocycles. The summed E-state index contributed by atoms with van der Waals surface area (Å²) in [4.78, 5) is 10.8. The summed E-state index contributed by atoms with van der Waals surface area (Å²) < 4.78 is 34.4. The average molecular weight is 236 g/mol. The highest BCUT2D eigenvalue weighted by Gasteiger charge is 2.44. The van der Waals surface area contributed by atoms with Gasteiger partial charge < -0.3 is 9.47 Å². The Morgan fingerprint density at radius 3 is 2.73 bits per heavy atom. The largest absolute Gasteiger partial charge is 0.502 e. The topological polar surface area (TPSA) is 35.5 Å². The molecule has 0 amide bonds. The first kappa shape index (κ1) is 11.9. The molecule has 1 aromatic rings. The van der Waals surface area contributed by atoms with E-state index in [-0.39, 0.29) is 11.7 Å². The van der Waals surface area contributed by atoms with Gasteiger partial charge in [0.25, 0.3) is 0 Å². The lowest BCUT2D eigenvalue weighted by Crippen LogP contribution is -2.36. The Morgan fingerprint density at radius 1 is 1.60 bits per heavy atom. The van der Waals surface area contributed by atoms with Crippen molar-refractivity contribution in [3.05, 3.63) is 17.0 Å². The molecule has 0 bridgehead atoms. The molecule has 0 fully saturated rings. The van der Waals surface area contributed by atoms with Crippen LogP contribution >= 0.6 is 11.3 Å². The van der Waals surface area contributed by atoms with E-state index in [4.69, 9.17) is 0 Å². The van der Waals surface area contributed by atoms with E-state index >= 15 is 0 Å². The molecule has 84 valence electrons. The van der Waals surface area contributed by atoms with Gasteiger partial charge in [-0.25, -0.2) is 4.79 Å². The van der Waals surface area contributed by atoms with Crippen LogP contribution in [0.3, 0.4) is 0 Å². The molecule has 15 heavy (non-hydrogen) atoms. The van der Waals surface area contributed by atoms with Gasteiger partial charge in [-0.3, -0.25) is 0 Å². The molecule has 0 unspecified atom stereocenters. The molecule has 0 aliphatic heterocycles. The minimum Gasteiger partial charge on any atom is -0.459 e. The van der Waals surface area contributed by atoms with E-state index in [0.717, 1.165) is 16.9 Å². The normalized spacial score (nSPS) is 11.2. The lowest BCUT2D eigenvalue weighted by molar-refractivity contribution is -0.215. The number of esters is 1. The zero-order chi connectivity index (χ0) is 11.5. The van der Waals surface area contributed by atoms with Gasteiger partial charge in [-0.1, -0.05) is 0 Å². The lowest BCUT2D eigenvalue weighted by Gasteiger charge is -2.14. The van der Waals surface area contributed by atoms with E-state index in [2.05, 4.69) is 9.47 Å². The molecule has 0 N–H and O–H groups in total. The van der Waals surface area contributed by atoms with E-state index in [1.807, 2.05) is 0 Å². The zero-order valence-corrected chi connectivity index (χ0v) is 9.07. The van der Waals surface area contributed by atoms with Crippen molar-refractivity contribution in [1.29, 1.82) is 0 Å². The Morgan fingerprint density at radius 2 is 2.27 bits per heavy atom. The summed E-state index contributed by atoms with van der Waals surface area (Å²) >= 11 is 1.00. The number of thiophene rings is 1. The molecule has 1 aromatic heterocycles. The van der Waals surface area contributed by atoms with Crippen LogP contribution in [-0.2, 0) is 9.53 Å². The molecule has 0 aliphatic rings. The SMILES string of the molecule is CCOC(=O)C(F)(F)Oc1cc(C)cs1. The minimum absolute atomic E-state index is 0.00875. The van der Waals surface area contributed by atoms with Crippen molar-refractivity contribution in [2.24, 2.45) is 0 Å². The molecule has 6 heteroatoms. The van der Waals surface area contributed by atoms with Crippen molar-refractivity contribution in [1.82, 2.24) is 0 Å². The number of halogens is 2. The summed E-state index contributed by atoms with van der Waals surface area (Å²) in [6.45, 7) is 3.08. The summed E-state index contributed by atoms with van der Waals surface area (Å²) in [6, 6.07) is 1.43. The first-order valence-corrected chi connectivity index (χ1v) is 5.13. The molecule has 0 atom stereocenters. The number of carbonyl (C=O) groups is 1. The Hall–Kier alpha value is -1.17. The maximum atomic E-state index is 13.0. The van der Waals surface area contributed by atoms with Crippen LogP contribution in [0.25, 0.3) is 0 Å².